The molecule has 0 atom stereocenters. The van der Waals surface area contributed by atoms with Gasteiger partial charge in [-0.3, -0.25) is 9.59 Å². The van der Waals surface area contributed by atoms with Crippen LogP contribution in [0.15, 0.2) is 53.3 Å². The third-order valence-corrected chi connectivity index (χ3v) is 4.02. The summed E-state index contributed by atoms with van der Waals surface area (Å²) in [6, 6.07) is 13.1. The van der Waals surface area contributed by atoms with Crippen LogP contribution in [0.4, 0.5) is 5.69 Å². The fraction of sp³-hybridized carbons (Fsp3) is 0.111. The summed E-state index contributed by atoms with van der Waals surface area (Å²) in [7, 11) is 3.03. The van der Waals surface area contributed by atoms with Gasteiger partial charge in [-0.2, -0.15) is 0 Å². The number of aromatic nitrogens is 1. The minimum Gasteiger partial charge on any atom is -0.508 e. The minimum absolute atomic E-state index is 0.0302. The molecule has 0 unspecified atom stereocenters. The number of carbonyl (C=O) groups excluding carboxylic acids is 1. The van der Waals surface area contributed by atoms with E-state index in [0.29, 0.717) is 16.6 Å². The van der Waals surface area contributed by atoms with Crippen molar-refractivity contribution in [3.05, 3.63) is 64.4 Å². The lowest BCUT2D eigenvalue weighted by atomic mass is 10.1. The van der Waals surface area contributed by atoms with Crippen LogP contribution in [0.1, 0.15) is 10.4 Å². The molecule has 0 aliphatic heterocycles. The zero-order valence-corrected chi connectivity index (χ0v) is 13.2. The van der Waals surface area contributed by atoms with Crippen molar-refractivity contribution in [3.8, 4) is 11.5 Å². The number of phenols is 1. The summed E-state index contributed by atoms with van der Waals surface area (Å²) in [5.41, 5.74) is 0.0200. The number of hydrogen-bond acceptors (Lipinski definition) is 4. The highest BCUT2D eigenvalue weighted by atomic mass is 16.3. The van der Waals surface area contributed by atoms with E-state index in [1.807, 2.05) is 6.07 Å². The van der Waals surface area contributed by atoms with E-state index < -0.39 is 11.5 Å². The number of aromatic hydroxyl groups is 2. The molecule has 2 N–H and O–H groups in total. The molecular weight excluding hydrogens is 308 g/mol. The molecule has 0 radical (unpaired) electrons. The van der Waals surface area contributed by atoms with E-state index in [1.165, 1.54) is 41.8 Å². The van der Waals surface area contributed by atoms with Crippen LogP contribution in [0.2, 0.25) is 0 Å². The number of amides is 1. The van der Waals surface area contributed by atoms with Gasteiger partial charge in [0.25, 0.3) is 11.5 Å². The standard InChI is InChI=1S/C18H16N2O4/c1-19(11-6-4-3-5-7-11)17(23)15-16(22)13-9-8-12(21)10-14(13)20(2)18(15)24/h3-10,21-22H,1-2H3. The quantitative estimate of drug-likeness (QED) is 0.757. The molecule has 0 bridgehead atoms. The molecule has 0 aliphatic rings. The van der Waals surface area contributed by atoms with Crippen molar-refractivity contribution in [3.63, 3.8) is 0 Å². The predicted octanol–water partition coefficient (Wildman–Crippen LogP) is 2.23. The van der Waals surface area contributed by atoms with Crippen LogP contribution in [-0.2, 0) is 7.05 Å². The van der Waals surface area contributed by atoms with Crippen LogP contribution in [0, 0.1) is 0 Å². The van der Waals surface area contributed by atoms with E-state index in [-0.39, 0.29) is 17.1 Å². The Balaban J connectivity index is 2.21. The van der Waals surface area contributed by atoms with Crippen molar-refractivity contribution in [1.82, 2.24) is 4.57 Å². The molecule has 1 aromatic heterocycles. The van der Waals surface area contributed by atoms with Gasteiger partial charge in [-0.05, 0) is 24.3 Å². The van der Waals surface area contributed by atoms with Crippen LogP contribution in [-0.4, -0.2) is 27.7 Å². The molecule has 0 spiro atoms. The number of carbonyl (C=O) groups is 1. The maximum atomic E-state index is 12.8. The second-order valence-electron chi connectivity index (χ2n) is 5.49. The highest BCUT2D eigenvalue weighted by Crippen LogP contribution is 2.29. The summed E-state index contributed by atoms with van der Waals surface area (Å²) in [5.74, 6) is -1.02. The monoisotopic (exact) mass is 324 g/mol. The van der Waals surface area contributed by atoms with E-state index in [0.717, 1.165) is 0 Å². The van der Waals surface area contributed by atoms with Gasteiger partial charge in [-0.15, -0.1) is 0 Å². The van der Waals surface area contributed by atoms with E-state index in [4.69, 9.17) is 0 Å². The third kappa shape index (κ3) is 2.38. The molecule has 122 valence electrons. The first-order valence-corrected chi connectivity index (χ1v) is 7.29. The first kappa shape index (κ1) is 15.6. The number of hydrogen-bond donors (Lipinski definition) is 2. The van der Waals surface area contributed by atoms with E-state index >= 15 is 0 Å². The summed E-state index contributed by atoms with van der Waals surface area (Å²) in [4.78, 5) is 26.6. The Labute approximate surface area is 137 Å². The van der Waals surface area contributed by atoms with Crippen LogP contribution in [0.3, 0.4) is 0 Å². The topological polar surface area (TPSA) is 82.8 Å². The molecule has 0 aliphatic carbocycles. The lowest BCUT2D eigenvalue weighted by Gasteiger charge is -2.19. The predicted molar refractivity (Wildman–Crippen MR) is 91.7 cm³/mol. The van der Waals surface area contributed by atoms with Gasteiger partial charge < -0.3 is 19.7 Å². The summed E-state index contributed by atoms with van der Waals surface area (Å²) < 4.78 is 1.24. The van der Waals surface area contributed by atoms with E-state index in [1.54, 1.807) is 24.3 Å². The highest BCUT2D eigenvalue weighted by molar-refractivity contribution is 6.10. The number of benzene rings is 2. The Hall–Kier alpha value is -3.28. The van der Waals surface area contributed by atoms with Gasteiger partial charge in [0.1, 0.15) is 17.1 Å². The first-order chi connectivity index (χ1) is 11.4. The minimum atomic E-state index is -0.626. The molecule has 1 heterocycles. The lowest BCUT2D eigenvalue weighted by Crippen LogP contribution is -2.34. The van der Waals surface area contributed by atoms with Gasteiger partial charge in [0.2, 0.25) is 0 Å². The molecule has 3 rings (SSSR count). The van der Waals surface area contributed by atoms with Crippen molar-refractivity contribution in [1.29, 1.82) is 0 Å². The Morgan fingerprint density at radius 3 is 2.42 bits per heavy atom. The van der Waals surface area contributed by atoms with E-state index in [9.17, 15) is 19.8 Å². The summed E-state index contributed by atoms with van der Waals surface area (Å²) >= 11 is 0. The fourth-order valence-corrected chi connectivity index (χ4v) is 2.64. The van der Waals surface area contributed by atoms with Gasteiger partial charge >= 0.3 is 0 Å². The Bertz CT molecular complexity index is 993. The van der Waals surface area contributed by atoms with Crippen LogP contribution in [0.25, 0.3) is 10.9 Å². The zero-order chi connectivity index (χ0) is 17.4. The van der Waals surface area contributed by atoms with Gasteiger partial charge in [0.15, 0.2) is 0 Å². The fourth-order valence-electron chi connectivity index (χ4n) is 2.64. The normalized spacial score (nSPS) is 10.8. The molecule has 3 aromatic rings. The van der Waals surface area contributed by atoms with Crippen molar-refractivity contribution < 1.29 is 15.0 Å². The second kappa shape index (κ2) is 5.73. The van der Waals surface area contributed by atoms with E-state index in [2.05, 4.69) is 0 Å². The molecule has 6 heteroatoms. The van der Waals surface area contributed by atoms with Gasteiger partial charge in [0.05, 0.1) is 5.52 Å². The number of aryl methyl sites for hydroxylation is 1. The summed E-state index contributed by atoms with van der Waals surface area (Å²) in [5, 5.41) is 20.4. The number of rotatable bonds is 2. The smallest absolute Gasteiger partial charge is 0.267 e. The van der Waals surface area contributed by atoms with Crippen molar-refractivity contribution in [2.45, 2.75) is 0 Å². The van der Waals surface area contributed by atoms with Crippen molar-refractivity contribution >= 4 is 22.5 Å². The Kier molecular flexibility index (Phi) is 3.73. The molecule has 2 aromatic carbocycles. The van der Waals surface area contributed by atoms with Crippen molar-refractivity contribution in [2.24, 2.45) is 7.05 Å². The van der Waals surface area contributed by atoms with Gasteiger partial charge in [0, 0.05) is 31.2 Å². The summed E-state index contributed by atoms with van der Waals surface area (Å²) in [6.07, 6.45) is 0. The van der Waals surface area contributed by atoms with Crippen LogP contribution in [0.5, 0.6) is 11.5 Å². The molecular formula is C18H16N2O4. The second-order valence-corrected chi connectivity index (χ2v) is 5.49. The Morgan fingerprint density at radius 1 is 1.08 bits per heavy atom. The van der Waals surface area contributed by atoms with Crippen LogP contribution >= 0.6 is 0 Å². The molecule has 0 saturated heterocycles. The molecule has 6 nitrogen and oxygen atoms in total. The number of fused-ring (bicyclic) bond motifs is 1. The lowest BCUT2D eigenvalue weighted by molar-refractivity contribution is 0.0988. The van der Waals surface area contributed by atoms with Crippen molar-refractivity contribution in [2.75, 3.05) is 11.9 Å². The number of nitrogens with zero attached hydrogens (tertiary/aromatic N) is 2. The third-order valence-electron chi connectivity index (χ3n) is 4.02. The molecule has 0 fully saturated rings. The zero-order valence-electron chi connectivity index (χ0n) is 13.2. The Morgan fingerprint density at radius 2 is 1.75 bits per heavy atom. The molecule has 0 saturated carbocycles. The maximum Gasteiger partial charge on any atom is 0.267 e. The average molecular weight is 324 g/mol. The average Bonchev–Trinajstić information content (AvgIpc) is 2.59. The molecule has 24 heavy (non-hydrogen) atoms. The van der Waals surface area contributed by atoms with Gasteiger partial charge in [-0.1, -0.05) is 18.2 Å². The molecule has 1 amide bonds. The largest absolute Gasteiger partial charge is 0.508 e. The number of phenolic OH excluding ortho intramolecular Hbond substituents is 1. The number of anilines is 1. The highest BCUT2D eigenvalue weighted by Gasteiger charge is 2.24. The van der Waals surface area contributed by atoms with Crippen LogP contribution < -0.4 is 10.5 Å². The maximum absolute atomic E-state index is 12.8. The summed E-state index contributed by atoms with van der Waals surface area (Å²) in [6.45, 7) is 0. The van der Waals surface area contributed by atoms with Gasteiger partial charge in [-0.25, -0.2) is 0 Å². The SMILES string of the molecule is CN(C(=O)c1c(O)c2ccc(O)cc2n(C)c1=O)c1ccccc1. The number of pyridine rings is 1. The first-order valence-electron chi connectivity index (χ1n) is 7.29. The number of para-hydroxylation sites is 1.